The Hall–Kier alpha value is -2.56. The number of carbonyl (C=O) groups excluding carboxylic acids is 2. The first-order valence-electron chi connectivity index (χ1n) is 8.83. The molecule has 1 atom stereocenters. The highest BCUT2D eigenvalue weighted by Gasteiger charge is 2.21. The van der Waals surface area contributed by atoms with Crippen molar-refractivity contribution in [1.82, 2.24) is 5.32 Å². The van der Waals surface area contributed by atoms with E-state index in [1.165, 1.54) is 0 Å². The SMILES string of the molecule is CC(CCc1ccco1)NC(=O)Cc1ccc(N2CCCC2=O)cc1. The van der Waals surface area contributed by atoms with Crippen molar-refractivity contribution in [3.63, 3.8) is 0 Å². The molecule has 1 aliphatic rings. The minimum absolute atomic E-state index is 0.0111. The standard InChI is InChI=1S/C20H24N2O3/c1-15(6-11-18-4-3-13-25-18)21-19(23)14-16-7-9-17(10-8-16)22-12-2-5-20(22)24/h3-4,7-10,13,15H,2,5-6,11-12,14H2,1H3,(H,21,23). The van der Waals surface area contributed by atoms with Crippen LogP contribution in [0.3, 0.4) is 0 Å². The van der Waals surface area contributed by atoms with Crippen molar-refractivity contribution in [2.75, 3.05) is 11.4 Å². The van der Waals surface area contributed by atoms with Crippen LogP contribution in [0.15, 0.2) is 47.1 Å². The molecule has 1 saturated heterocycles. The van der Waals surface area contributed by atoms with Crippen LogP contribution in [-0.2, 0) is 22.4 Å². The molecule has 0 radical (unpaired) electrons. The number of hydrogen-bond acceptors (Lipinski definition) is 3. The van der Waals surface area contributed by atoms with Gasteiger partial charge in [0, 0.05) is 31.1 Å². The van der Waals surface area contributed by atoms with Gasteiger partial charge in [0.15, 0.2) is 0 Å². The first kappa shape index (κ1) is 17.3. The minimum Gasteiger partial charge on any atom is -0.469 e. The molecule has 1 N–H and O–H groups in total. The maximum atomic E-state index is 12.2. The molecule has 0 spiro atoms. The van der Waals surface area contributed by atoms with Gasteiger partial charge in [0.05, 0.1) is 12.7 Å². The Morgan fingerprint density at radius 1 is 1.28 bits per heavy atom. The number of anilines is 1. The molecule has 1 unspecified atom stereocenters. The summed E-state index contributed by atoms with van der Waals surface area (Å²) < 4.78 is 5.30. The highest BCUT2D eigenvalue weighted by Crippen LogP contribution is 2.21. The quantitative estimate of drug-likeness (QED) is 0.842. The van der Waals surface area contributed by atoms with Crippen LogP contribution in [0.4, 0.5) is 5.69 Å². The summed E-state index contributed by atoms with van der Waals surface area (Å²) in [6.45, 7) is 2.79. The number of aryl methyl sites for hydroxylation is 1. The predicted molar refractivity (Wildman–Crippen MR) is 96.4 cm³/mol. The summed E-state index contributed by atoms with van der Waals surface area (Å²) in [4.78, 5) is 25.7. The summed E-state index contributed by atoms with van der Waals surface area (Å²) in [5.41, 5.74) is 1.87. The second-order valence-corrected chi connectivity index (χ2v) is 6.58. The fourth-order valence-electron chi connectivity index (χ4n) is 3.11. The van der Waals surface area contributed by atoms with Gasteiger partial charge >= 0.3 is 0 Å². The summed E-state index contributed by atoms with van der Waals surface area (Å²) in [7, 11) is 0. The van der Waals surface area contributed by atoms with Crippen molar-refractivity contribution in [1.29, 1.82) is 0 Å². The molecule has 2 heterocycles. The molecule has 0 aliphatic carbocycles. The minimum atomic E-state index is 0.0111. The van der Waals surface area contributed by atoms with E-state index < -0.39 is 0 Å². The lowest BCUT2D eigenvalue weighted by Crippen LogP contribution is -2.34. The molecule has 1 aliphatic heterocycles. The van der Waals surface area contributed by atoms with Gasteiger partial charge in [-0.15, -0.1) is 0 Å². The van der Waals surface area contributed by atoms with Gasteiger partial charge in [0.25, 0.3) is 0 Å². The van der Waals surface area contributed by atoms with Crippen LogP contribution in [0.5, 0.6) is 0 Å². The Bertz CT molecular complexity index is 707. The summed E-state index contributed by atoms with van der Waals surface area (Å²) in [5, 5.41) is 3.02. The first-order valence-corrected chi connectivity index (χ1v) is 8.83. The second kappa shape index (κ2) is 8.01. The van der Waals surface area contributed by atoms with E-state index in [1.54, 1.807) is 11.2 Å². The van der Waals surface area contributed by atoms with Crippen LogP contribution in [0.2, 0.25) is 0 Å². The fraction of sp³-hybridized carbons (Fsp3) is 0.400. The van der Waals surface area contributed by atoms with Gasteiger partial charge in [-0.25, -0.2) is 0 Å². The van der Waals surface area contributed by atoms with Gasteiger partial charge in [0.1, 0.15) is 5.76 Å². The van der Waals surface area contributed by atoms with Gasteiger partial charge in [-0.1, -0.05) is 12.1 Å². The maximum absolute atomic E-state index is 12.2. The number of rotatable bonds is 7. The predicted octanol–water partition coefficient (Wildman–Crippen LogP) is 3.09. The third kappa shape index (κ3) is 4.72. The Labute approximate surface area is 148 Å². The number of carbonyl (C=O) groups is 2. The molecule has 5 nitrogen and oxygen atoms in total. The molecule has 2 aromatic rings. The molecule has 1 fully saturated rings. The lowest BCUT2D eigenvalue weighted by molar-refractivity contribution is -0.121. The van der Waals surface area contributed by atoms with E-state index in [0.717, 1.165) is 42.8 Å². The molecule has 132 valence electrons. The lowest BCUT2D eigenvalue weighted by Gasteiger charge is -2.16. The van der Waals surface area contributed by atoms with Gasteiger partial charge in [-0.3, -0.25) is 9.59 Å². The molecule has 5 heteroatoms. The van der Waals surface area contributed by atoms with E-state index in [2.05, 4.69) is 5.32 Å². The van der Waals surface area contributed by atoms with Crippen LogP contribution in [0, 0.1) is 0 Å². The zero-order chi connectivity index (χ0) is 17.6. The molecule has 0 bridgehead atoms. The number of amides is 2. The number of nitrogens with one attached hydrogen (secondary N) is 1. The van der Waals surface area contributed by atoms with Crippen molar-refractivity contribution in [2.24, 2.45) is 0 Å². The largest absolute Gasteiger partial charge is 0.469 e. The van der Waals surface area contributed by atoms with E-state index in [-0.39, 0.29) is 17.9 Å². The molecule has 1 aromatic carbocycles. The average molecular weight is 340 g/mol. The first-order chi connectivity index (χ1) is 12.1. The van der Waals surface area contributed by atoms with Gasteiger partial charge in [0.2, 0.25) is 11.8 Å². The van der Waals surface area contributed by atoms with Crippen molar-refractivity contribution in [3.8, 4) is 0 Å². The topological polar surface area (TPSA) is 62.6 Å². The van der Waals surface area contributed by atoms with Crippen LogP contribution in [-0.4, -0.2) is 24.4 Å². The highest BCUT2D eigenvalue weighted by molar-refractivity contribution is 5.95. The van der Waals surface area contributed by atoms with E-state index in [4.69, 9.17) is 4.42 Å². The van der Waals surface area contributed by atoms with Crippen LogP contribution in [0.1, 0.15) is 37.5 Å². The van der Waals surface area contributed by atoms with Crippen molar-refractivity contribution in [2.45, 2.75) is 45.1 Å². The average Bonchev–Trinajstić information content (AvgIpc) is 3.25. The number of hydrogen-bond donors (Lipinski definition) is 1. The maximum Gasteiger partial charge on any atom is 0.227 e. The third-order valence-electron chi connectivity index (χ3n) is 4.50. The normalized spacial score (nSPS) is 15.4. The van der Waals surface area contributed by atoms with Crippen LogP contribution >= 0.6 is 0 Å². The Morgan fingerprint density at radius 3 is 2.72 bits per heavy atom. The van der Waals surface area contributed by atoms with E-state index >= 15 is 0 Å². The van der Waals surface area contributed by atoms with Crippen molar-refractivity contribution in [3.05, 3.63) is 54.0 Å². The monoisotopic (exact) mass is 340 g/mol. The fourth-order valence-corrected chi connectivity index (χ4v) is 3.11. The highest BCUT2D eigenvalue weighted by atomic mass is 16.3. The second-order valence-electron chi connectivity index (χ2n) is 6.58. The zero-order valence-electron chi connectivity index (χ0n) is 14.5. The van der Waals surface area contributed by atoms with Crippen molar-refractivity contribution >= 4 is 17.5 Å². The van der Waals surface area contributed by atoms with Gasteiger partial charge in [-0.05, 0) is 49.6 Å². The van der Waals surface area contributed by atoms with Crippen LogP contribution < -0.4 is 10.2 Å². The summed E-state index contributed by atoms with van der Waals surface area (Å²) >= 11 is 0. The Morgan fingerprint density at radius 2 is 2.08 bits per heavy atom. The zero-order valence-corrected chi connectivity index (χ0v) is 14.5. The Balaban J connectivity index is 1.46. The molecule has 0 saturated carbocycles. The summed E-state index contributed by atoms with van der Waals surface area (Å²) in [6, 6.07) is 11.6. The molecular weight excluding hydrogens is 316 g/mol. The van der Waals surface area contributed by atoms with Crippen LogP contribution in [0.25, 0.3) is 0 Å². The molecule has 3 rings (SSSR count). The number of nitrogens with zero attached hydrogens (tertiary/aromatic N) is 1. The molecule has 1 aromatic heterocycles. The number of furan rings is 1. The summed E-state index contributed by atoms with van der Waals surface area (Å²) in [5.74, 6) is 1.13. The van der Waals surface area contributed by atoms with Crippen molar-refractivity contribution < 1.29 is 14.0 Å². The summed E-state index contributed by atoms with van der Waals surface area (Å²) in [6.07, 6.45) is 5.21. The molecular formula is C20H24N2O3. The van der Waals surface area contributed by atoms with Gasteiger partial charge < -0.3 is 14.6 Å². The van der Waals surface area contributed by atoms with E-state index in [1.807, 2.05) is 43.3 Å². The van der Waals surface area contributed by atoms with Gasteiger partial charge in [-0.2, -0.15) is 0 Å². The third-order valence-corrected chi connectivity index (χ3v) is 4.50. The smallest absolute Gasteiger partial charge is 0.227 e. The van der Waals surface area contributed by atoms with E-state index in [9.17, 15) is 9.59 Å². The molecule has 2 amide bonds. The van der Waals surface area contributed by atoms with E-state index in [0.29, 0.717) is 12.8 Å². The lowest BCUT2D eigenvalue weighted by atomic mass is 10.1. The molecule has 25 heavy (non-hydrogen) atoms. The number of benzene rings is 1. The Kier molecular flexibility index (Phi) is 5.53.